The van der Waals surface area contributed by atoms with E-state index in [2.05, 4.69) is 41.8 Å². The van der Waals surface area contributed by atoms with E-state index in [0.717, 1.165) is 41.9 Å². The zero-order chi connectivity index (χ0) is 25.1. The number of rotatable bonds is 5. The molecule has 3 aromatic carbocycles. The van der Waals surface area contributed by atoms with Gasteiger partial charge in [-0.1, -0.05) is 23.7 Å². The van der Waals surface area contributed by atoms with Crippen molar-refractivity contribution in [3.8, 4) is 11.5 Å². The number of carbonyl (C=O) groups is 2. The predicted octanol–water partition coefficient (Wildman–Crippen LogP) is 6.66. The van der Waals surface area contributed by atoms with E-state index < -0.39 is 11.9 Å². The van der Waals surface area contributed by atoms with E-state index in [0.29, 0.717) is 5.69 Å². The van der Waals surface area contributed by atoms with E-state index in [9.17, 15) is 9.59 Å². The number of halogens is 1. The summed E-state index contributed by atoms with van der Waals surface area (Å²) in [4.78, 5) is 27.0. The maximum atomic E-state index is 12.4. The molecule has 182 valence electrons. The van der Waals surface area contributed by atoms with Crippen LogP contribution in [0, 0.1) is 13.8 Å². The first-order valence-electron chi connectivity index (χ1n) is 11.7. The average molecular weight is 492 g/mol. The molecule has 35 heavy (non-hydrogen) atoms. The number of carbonyl (C=O) groups excluding carboxylic acids is 2. The Morgan fingerprint density at radius 2 is 1.60 bits per heavy atom. The first-order valence-corrected chi connectivity index (χ1v) is 12.1. The van der Waals surface area contributed by atoms with E-state index >= 15 is 0 Å². The largest absolute Gasteiger partial charge is 0.457 e. The molecule has 0 fully saturated rings. The summed E-state index contributed by atoms with van der Waals surface area (Å²) in [5.41, 5.74) is 6.48. The van der Waals surface area contributed by atoms with Crippen LogP contribution in [-0.4, -0.2) is 26.0 Å². The van der Waals surface area contributed by atoms with E-state index in [1.165, 1.54) is 23.2 Å². The van der Waals surface area contributed by atoms with Crippen LogP contribution in [0.15, 0.2) is 48.5 Å². The molecule has 4 rings (SSSR count). The lowest BCUT2D eigenvalue weighted by atomic mass is 9.89. The van der Waals surface area contributed by atoms with Gasteiger partial charge >= 0.3 is 6.03 Å². The SMILES string of the molecule is Cc1cc(NC(=O)NC(=O)c2ccccc2Cl)cc(C)c1Oc1ccc(N(C)C)c2c1CCCC2. The Hall–Kier alpha value is -3.51. The fourth-order valence-electron chi connectivity index (χ4n) is 4.60. The van der Waals surface area contributed by atoms with Gasteiger partial charge in [-0.3, -0.25) is 10.1 Å². The molecule has 0 aliphatic heterocycles. The monoisotopic (exact) mass is 491 g/mol. The number of anilines is 2. The minimum absolute atomic E-state index is 0.240. The maximum Gasteiger partial charge on any atom is 0.326 e. The van der Waals surface area contributed by atoms with Crippen LogP contribution in [0.5, 0.6) is 11.5 Å². The number of benzene rings is 3. The summed E-state index contributed by atoms with van der Waals surface area (Å²) in [6, 6.07) is 13.8. The van der Waals surface area contributed by atoms with Crippen LogP contribution in [0.1, 0.15) is 45.5 Å². The minimum Gasteiger partial charge on any atom is -0.457 e. The van der Waals surface area contributed by atoms with Gasteiger partial charge in [0.05, 0.1) is 10.6 Å². The van der Waals surface area contributed by atoms with Gasteiger partial charge in [-0.2, -0.15) is 0 Å². The molecule has 0 saturated heterocycles. The Morgan fingerprint density at radius 3 is 2.26 bits per heavy atom. The van der Waals surface area contributed by atoms with E-state index in [1.54, 1.807) is 24.3 Å². The Morgan fingerprint density at radius 1 is 0.943 bits per heavy atom. The lowest BCUT2D eigenvalue weighted by molar-refractivity contribution is 0.0967. The van der Waals surface area contributed by atoms with E-state index in [4.69, 9.17) is 16.3 Å². The molecule has 0 saturated carbocycles. The Bertz CT molecular complexity index is 1260. The van der Waals surface area contributed by atoms with Crippen LogP contribution in [0.3, 0.4) is 0 Å². The van der Waals surface area contributed by atoms with Gasteiger partial charge in [0, 0.05) is 31.0 Å². The molecular weight excluding hydrogens is 462 g/mol. The molecule has 7 heteroatoms. The lowest BCUT2D eigenvalue weighted by Gasteiger charge is -2.26. The first-order chi connectivity index (χ1) is 16.7. The van der Waals surface area contributed by atoms with Crippen molar-refractivity contribution < 1.29 is 14.3 Å². The molecule has 0 atom stereocenters. The second kappa shape index (κ2) is 10.4. The summed E-state index contributed by atoms with van der Waals surface area (Å²) in [6.07, 6.45) is 4.41. The van der Waals surface area contributed by atoms with Crippen molar-refractivity contribution in [1.29, 1.82) is 0 Å². The molecule has 0 unspecified atom stereocenters. The zero-order valence-electron chi connectivity index (χ0n) is 20.5. The number of fused-ring (bicyclic) bond motifs is 1. The Labute approximate surface area is 211 Å². The highest BCUT2D eigenvalue weighted by atomic mass is 35.5. The number of hydrogen-bond acceptors (Lipinski definition) is 4. The van der Waals surface area contributed by atoms with Crippen LogP contribution in [0.2, 0.25) is 5.02 Å². The summed E-state index contributed by atoms with van der Waals surface area (Å²) in [5, 5.41) is 5.33. The zero-order valence-corrected chi connectivity index (χ0v) is 21.3. The number of nitrogens with zero attached hydrogens (tertiary/aromatic N) is 1. The quantitative estimate of drug-likeness (QED) is 0.419. The molecule has 3 amide bonds. The lowest BCUT2D eigenvalue weighted by Crippen LogP contribution is -2.34. The van der Waals surface area contributed by atoms with Crippen LogP contribution < -0.4 is 20.3 Å². The highest BCUT2D eigenvalue weighted by Crippen LogP contribution is 2.40. The molecule has 1 aliphatic carbocycles. The van der Waals surface area contributed by atoms with Crippen molar-refractivity contribution in [2.75, 3.05) is 24.3 Å². The van der Waals surface area contributed by atoms with Crippen LogP contribution in [-0.2, 0) is 12.8 Å². The summed E-state index contributed by atoms with van der Waals surface area (Å²) in [6.45, 7) is 3.89. The smallest absolute Gasteiger partial charge is 0.326 e. The third-order valence-corrected chi connectivity index (χ3v) is 6.55. The minimum atomic E-state index is -0.629. The summed E-state index contributed by atoms with van der Waals surface area (Å²) in [5.74, 6) is 1.10. The van der Waals surface area contributed by atoms with Gasteiger partial charge in [0.2, 0.25) is 0 Å². The molecule has 0 spiro atoms. The average Bonchev–Trinajstić information content (AvgIpc) is 2.81. The highest BCUT2D eigenvalue weighted by molar-refractivity contribution is 6.34. The van der Waals surface area contributed by atoms with Gasteiger partial charge in [0.15, 0.2) is 0 Å². The number of ether oxygens (including phenoxy) is 1. The molecule has 0 bridgehead atoms. The van der Waals surface area contributed by atoms with Gasteiger partial charge in [-0.05, 0) is 92.6 Å². The number of aryl methyl sites for hydroxylation is 2. The van der Waals surface area contributed by atoms with Crippen molar-refractivity contribution in [2.24, 2.45) is 0 Å². The number of urea groups is 1. The van der Waals surface area contributed by atoms with Gasteiger partial charge in [0.25, 0.3) is 5.91 Å². The summed E-state index contributed by atoms with van der Waals surface area (Å²) >= 11 is 6.05. The third-order valence-electron chi connectivity index (χ3n) is 6.22. The van der Waals surface area contributed by atoms with E-state index in [1.807, 2.05) is 26.0 Å². The van der Waals surface area contributed by atoms with Gasteiger partial charge < -0.3 is 15.0 Å². The highest BCUT2D eigenvalue weighted by Gasteiger charge is 2.21. The number of hydrogen-bond donors (Lipinski definition) is 2. The fourth-order valence-corrected chi connectivity index (χ4v) is 4.82. The molecule has 0 radical (unpaired) electrons. The standard InChI is InChI=1S/C28H30ClN3O3/c1-17-15-19(30-28(34)31-27(33)22-11-7-8-12-23(22)29)16-18(2)26(17)35-25-14-13-24(32(3)4)20-9-5-6-10-21(20)25/h7-8,11-16H,5-6,9-10H2,1-4H3,(H2,30,31,33,34). The molecule has 2 N–H and O–H groups in total. The normalized spacial score (nSPS) is 12.5. The van der Waals surface area contributed by atoms with Crippen molar-refractivity contribution >= 4 is 34.9 Å². The summed E-state index contributed by atoms with van der Waals surface area (Å²) in [7, 11) is 4.14. The molecule has 0 aromatic heterocycles. The van der Waals surface area contributed by atoms with Crippen LogP contribution in [0.4, 0.5) is 16.2 Å². The maximum absolute atomic E-state index is 12.4. The second-order valence-corrected chi connectivity index (χ2v) is 9.48. The van der Waals surface area contributed by atoms with Crippen molar-refractivity contribution in [1.82, 2.24) is 5.32 Å². The molecule has 0 heterocycles. The van der Waals surface area contributed by atoms with Crippen molar-refractivity contribution in [3.63, 3.8) is 0 Å². The van der Waals surface area contributed by atoms with Crippen LogP contribution in [0.25, 0.3) is 0 Å². The molecule has 3 aromatic rings. The first kappa shape index (κ1) is 24.6. The summed E-state index contributed by atoms with van der Waals surface area (Å²) < 4.78 is 6.45. The Balaban J connectivity index is 1.51. The van der Waals surface area contributed by atoms with Crippen molar-refractivity contribution in [3.05, 3.63) is 81.4 Å². The molecule has 6 nitrogen and oxygen atoms in total. The van der Waals surface area contributed by atoms with Crippen molar-refractivity contribution in [2.45, 2.75) is 39.5 Å². The predicted molar refractivity (Wildman–Crippen MR) is 141 cm³/mol. The molecule has 1 aliphatic rings. The van der Waals surface area contributed by atoms with E-state index in [-0.39, 0.29) is 10.6 Å². The second-order valence-electron chi connectivity index (χ2n) is 9.07. The Kier molecular flexibility index (Phi) is 7.31. The molecular formula is C28H30ClN3O3. The van der Waals surface area contributed by atoms with Gasteiger partial charge in [-0.25, -0.2) is 4.79 Å². The number of amides is 3. The fraction of sp³-hybridized carbons (Fsp3) is 0.286. The van der Waals surface area contributed by atoms with Gasteiger partial charge in [0.1, 0.15) is 11.5 Å². The topological polar surface area (TPSA) is 70.7 Å². The number of nitrogens with one attached hydrogen (secondary N) is 2. The van der Waals surface area contributed by atoms with Gasteiger partial charge in [-0.15, -0.1) is 0 Å². The third kappa shape index (κ3) is 5.43. The number of imide groups is 1. The van der Waals surface area contributed by atoms with Crippen LogP contribution >= 0.6 is 11.6 Å².